The van der Waals surface area contributed by atoms with E-state index in [-0.39, 0.29) is 0 Å². The number of halogens is 1. The number of aromatic nitrogens is 2. The smallest absolute Gasteiger partial charge is 0.169 e. The number of nitrogen functional groups attached to an aromatic ring is 1. The van der Waals surface area contributed by atoms with Gasteiger partial charge in [0.05, 0.1) is 30.1 Å². The van der Waals surface area contributed by atoms with Crippen molar-refractivity contribution in [1.29, 1.82) is 5.26 Å². The van der Waals surface area contributed by atoms with E-state index in [2.05, 4.69) is 5.10 Å². The number of nitrogens with two attached hydrogens (primary N) is 1. The molecule has 2 aromatic rings. The zero-order valence-electron chi connectivity index (χ0n) is 8.94. The topological polar surface area (TPSA) is 76.3 Å². The number of hydrogen-bond donors (Lipinski definition) is 1. The maximum absolute atomic E-state index is 7.32. The first-order valence-corrected chi connectivity index (χ1v) is 4.79. The first kappa shape index (κ1) is 12.1. The normalized spacial score (nSPS) is 9.12. The third-order valence-corrected chi connectivity index (χ3v) is 2.10. The van der Waals surface area contributed by atoms with Crippen LogP contribution in [0.1, 0.15) is 6.92 Å². The van der Waals surface area contributed by atoms with Gasteiger partial charge in [-0.25, -0.2) is 4.52 Å². The number of methoxy groups -OCH3 is 1. The number of fused-ring (bicyclic) bond motifs is 1. The van der Waals surface area contributed by atoms with Gasteiger partial charge in [0, 0.05) is 13.1 Å². The van der Waals surface area contributed by atoms with Crippen molar-refractivity contribution >= 4 is 22.8 Å². The Morgan fingerprint density at radius 1 is 1.62 bits per heavy atom. The van der Waals surface area contributed by atoms with Crippen LogP contribution in [-0.4, -0.2) is 16.7 Å². The molecule has 0 saturated carbocycles. The van der Waals surface area contributed by atoms with Gasteiger partial charge in [0.2, 0.25) is 0 Å². The van der Waals surface area contributed by atoms with Gasteiger partial charge in [-0.1, -0.05) is 11.6 Å². The summed E-state index contributed by atoms with van der Waals surface area (Å²) in [7, 11) is 1.55. The van der Waals surface area contributed by atoms with Crippen LogP contribution in [0.3, 0.4) is 0 Å². The van der Waals surface area contributed by atoms with Crippen LogP contribution in [0.2, 0.25) is 5.02 Å². The van der Waals surface area contributed by atoms with Gasteiger partial charge >= 0.3 is 0 Å². The molecule has 0 bridgehead atoms. The zero-order valence-corrected chi connectivity index (χ0v) is 9.69. The summed E-state index contributed by atoms with van der Waals surface area (Å²) in [6.07, 6.45) is 3.29. The second-order valence-electron chi connectivity index (χ2n) is 2.81. The highest BCUT2D eigenvalue weighted by molar-refractivity contribution is 6.34. The largest absolute Gasteiger partial charge is 0.492 e. The molecular formula is C10H11ClN4O. The van der Waals surface area contributed by atoms with Crippen LogP contribution < -0.4 is 10.5 Å². The summed E-state index contributed by atoms with van der Waals surface area (Å²) in [4.78, 5) is 0. The Hall–Kier alpha value is -1.93. The first-order valence-electron chi connectivity index (χ1n) is 4.41. The number of pyridine rings is 1. The molecule has 0 aromatic carbocycles. The lowest BCUT2D eigenvalue weighted by molar-refractivity contribution is 0.419. The Balaban J connectivity index is 0.000000386. The number of nitrogens with zero attached hydrogens (tertiary/aromatic N) is 3. The monoisotopic (exact) mass is 238 g/mol. The van der Waals surface area contributed by atoms with Gasteiger partial charge in [0.1, 0.15) is 5.52 Å². The van der Waals surface area contributed by atoms with E-state index in [4.69, 9.17) is 27.3 Å². The highest BCUT2D eigenvalue weighted by Gasteiger charge is 2.10. The minimum Gasteiger partial charge on any atom is -0.492 e. The average Bonchev–Trinajstić information content (AvgIpc) is 2.62. The van der Waals surface area contributed by atoms with Crippen LogP contribution >= 0.6 is 11.6 Å². The van der Waals surface area contributed by atoms with E-state index in [0.717, 1.165) is 0 Å². The van der Waals surface area contributed by atoms with Gasteiger partial charge in [-0.05, 0) is 6.07 Å². The van der Waals surface area contributed by atoms with Crippen LogP contribution in [0.4, 0.5) is 5.69 Å². The van der Waals surface area contributed by atoms with Crippen LogP contribution in [-0.2, 0) is 0 Å². The Morgan fingerprint density at radius 2 is 2.25 bits per heavy atom. The molecule has 2 N–H and O–H groups in total. The van der Waals surface area contributed by atoms with Crippen LogP contribution in [0.5, 0.6) is 5.75 Å². The second kappa shape index (κ2) is 5.24. The fraction of sp³-hybridized carbons (Fsp3) is 0.200. The summed E-state index contributed by atoms with van der Waals surface area (Å²) < 4.78 is 6.75. The van der Waals surface area contributed by atoms with Crippen molar-refractivity contribution in [3.8, 4) is 11.8 Å². The molecule has 2 heterocycles. The Labute approximate surface area is 98.0 Å². The molecule has 0 aliphatic rings. The Kier molecular flexibility index (Phi) is 3.97. The number of rotatable bonds is 1. The number of nitriles is 1. The van der Waals surface area contributed by atoms with Gasteiger partial charge < -0.3 is 10.5 Å². The zero-order chi connectivity index (χ0) is 12.1. The SMILES string of the molecule is CC#N.COc1c(N)ccn2ncc(Cl)c12. The molecule has 5 nitrogen and oxygen atoms in total. The minimum absolute atomic E-state index is 0.532. The second-order valence-corrected chi connectivity index (χ2v) is 3.22. The molecule has 0 aliphatic heterocycles. The van der Waals surface area contributed by atoms with Crippen molar-refractivity contribution in [2.24, 2.45) is 0 Å². The van der Waals surface area contributed by atoms with Crippen molar-refractivity contribution in [1.82, 2.24) is 9.61 Å². The summed E-state index contributed by atoms with van der Waals surface area (Å²) in [6, 6.07) is 3.47. The number of hydrogen-bond acceptors (Lipinski definition) is 4. The van der Waals surface area contributed by atoms with E-state index in [1.54, 1.807) is 36.2 Å². The predicted octanol–water partition coefficient (Wildman–Crippen LogP) is 2.11. The quantitative estimate of drug-likeness (QED) is 0.826. The third-order valence-electron chi connectivity index (χ3n) is 1.83. The molecule has 0 spiro atoms. The molecular weight excluding hydrogens is 228 g/mol. The fourth-order valence-electron chi connectivity index (χ4n) is 1.24. The molecule has 0 fully saturated rings. The maximum atomic E-state index is 7.32. The first-order chi connectivity index (χ1) is 7.65. The third kappa shape index (κ3) is 2.18. The number of ether oxygens (including phenoxy) is 1. The summed E-state index contributed by atoms with van der Waals surface area (Å²) in [6.45, 7) is 1.43. The van der Waals surface area contributed by atoms with Crippen molar-refractivity contribution in [3.05, 3.63) is 23.5 Å². The van der Waals surface area contributed by atoms with E-state index in [1.807, 2.05) is 0 Å². The molecule has 16 heavy (non-hydrogen) atoms. The molecule has 0 amide bonds. The number of anilines is 1. The van der Waals surface area contributed by atoms with E-state index in [0.29, 0.717) is 22.0 Å². The van der Waals surface area contributed by atoms with E-state index >= 15 is 0 Å². The molecule has 0 radical (unpaired) electrons. The van der Waals surface area contributed by atoms with E-state index < -0.39 is 0 Å². The van der Waals surface area contributed by atoms with Crippen LogP contribution in [0.25, 0.3) is 5.52 Å². The highest BCUT2D eigenvalue weighted by Crippen LogP contribution is 2.31. The van der Waals surface area contributed by atoms with Crippen molar-refractivity contribution < 1.29 is 4.74 Å². The minimum atomic E-state index is 0.532. The van der Waals surface area contributed by atoms with Gasteiger partial charge in [-0.2, -0.15) is 10.4 Å². The summed E-state index contributed by atoms with van der Waals surface area (Å²) in [5.41, 5.74) is 6.95. The van der Waals surface area contributed by atoms with Gasteiger partial charge in [-0.15, -0.1) is 0 Å². The molecule has 0 atom stereocenters. The van der Waals surface area contributed by atoms with Crippen molar-refractivity contribution in [3.63, 3.8) is 0 Å². The Bertz CT molecular complexity index is 529. The Morgan fingerprint density at radius 3 is 2.81 bits per heavy atom. The maximum Gasteiger partial charge on any atom is 0.169 e. The predicted molar refractivity (Wildman–Crippen MR) is 62.5 cm³/mol. The summed E-state index contributed by atoms with van der Waals surface area (Å²) in [5.74, 6) is 0.560. The van der Waals surface area contributed by atoms with Gasteiger partial charge in [0.25, 0.3) is 0 Å². The van der Waals surface area contributed by atoms with Gasteiger partial charge in [0.15, 0.2) is 5.75 Å². The lowest BCUT2D eigenvalue weighted by Gasteiger charge is -2.05. The molecule has 2 aromatic heterocycles. The lowest BCUT2D eigenvalue weighted by Crippen LogP contribution is -1.96. The van der Waals surface area contributed by atoms with Crippen LogP contribution in [0, 0.1) is 11.3 Å². The lowest BCUT2D eigenvalue weighted by atomic mass is 10.3. The molecule has 6 heteroatoms. The average molecular weight is 239 g/mol. The molecule has 0 aliphatic carbocycles. The fourth-order valence-corrected chi connectivity index (χ4v) is 1.46. The molecule has 2 rings (SSSR count). The van der Waals surface area contributed by atoms with Crippen LogP contribution in [0.15, 0.2) is 18.5 Å². The molecule has 84 valence electrons. The van der Waals surface area contributed by atoms with E-state index in [1.165, 1.54) is 6.92 Å². The highest BCUT2D eigenvalue weighted by atomic mass is 35.5. The van der Waals surface area contributed by atoms with Crippen molar-refractivity contribution in [2.75, 3.05) is 12.8 Å². The standard InChI is InChI=1S/C8H8ClN3O.C2H3N/c1-13-8-6(10)2-3-12-7(8)5(9)4-11-12;1-2-3/h2-4H,10H2,1H3;1H3. The summed E-state index contributed by atoms with van der Waals surface area (Å²) >= 11 is 5.91. The van der Waals surface area contributed by atoms with E-state index in [9.17, 15) is 0 Å². The van der Waals surface area contributed by atoms with Crippen molar-refractivity contribution in [2.45, 2.75) is 6.92 Å². The molecule has 0 unspecified atom stereocenters. The van der Waals surface area contributed by atoms with Gasteiger partial charge in [-0.3, -0.25) is 0 Å². The molecule has 0 saturated heterocycles. The summed E-state index contributed by atoms with van der Waals surface area (Å²) in [5, 5.41) is 11.9.